The summed E-state index contributed by atoms with van der Waals surface area (Å²) in [6.45, 7) is 4.33. The van der Waals surface area contributed by atoms with Crippen LogP contribution in [-0.2, 0) is 4.79 Å². The minimum absolute atomic E-state index is 0.134. The maximum absolute atomic E-state index is 13.7. The fourth-order valence-corrected chi connectivity index (χ4v) is 3.25. The number of carbonyl (C=O) groups excluding carboxylic acids is 1. The number of amides is 1. The van der Waals surface area contributed by atoms with Crippen molar-refractivity contribution in [3.05, 3.63) is 58.1 Å². The quantitative estimate of drug-likeness (QED) is 0.516. The molecule has 7 nitrogen and oxygen atoms in total. The molecule has 1 aliphatic heterocycles. The van der Waals surface area contributed by atoms with Crippen molar-refractivity contribution < 1.29 is 37.3 Å². The third-order valence-electron chi connectivity index (χ3n) is 4.64. The lowest BCUT2D eigenvalue weighted by atomic mass is 10.1. The molecule has 2 aromatic carbocycles. The molecule has 0 atom stereocenters. The van der Waals surface area contributed by atoms with Crippen LogP contribution < -0.4 is 14.5 Å². The predicted octanol–water partition coefficient (Wildman–Crippen LogP) is 5.43. The average Bonchev–Trinajstić information content (AvgIpc) is 3.09. The number of hydrogen-bond donors (Lipinski definition) is 1. The molecule has 0 unspecified atom stereocenters. The summed E-state index contributed by atoms with van der Waals surface area (Å²) in [6, 6.07) is 7.81. The highest BCUT2D eigenvalue weighted by Gasteiger charge is 2.47. The molecule has 1 N–H and O–H groups in total. The Hall–Kier alpha value is -3.53. The Labute approximate surface area is 198 Å². The second-order valence-electron chi connectivity index (χ2n) is 7.71. The fourth-order valence-electron chi connectivity index (χ4n) is 3.05. The summed E-state index contributed by atoms with van der Waals surface area (Å²) in [7, 11) is 1.39. The summed E-state index contributed by atoms with van der Waals surface area (Å²) in [5.74, 6) is -1.55. The lowest BCUT2D eigenvalue weighted by molar-refractivity contribution is -0.114. The van der Waals surface area contributed by atoms with Crippen LogP contribution in [0, 0.1) is 5.92 Å². The number of ether oxygens (including phenoxy) is 2. The normalized spacial score (nSPS) is 15.2. The summed E-state index contributed by atoms with van der Waals surface area (Å²) >= 11 is 5.82. The smallest absolute Gasteiger partial charge is 0.435 e. The summed E-state index contributed by atoms with van der Waals surface area (Å²) in [5.41, 5.74) is -2.43. The first-order chi connectivity index (χ1) is 15.9. The van der Waals surface area contributed by atoms with Crippen molar-refractivity contribution in [2.75, 3.05) is 18.7 Å². The maximum Gasteiger partial charge on any atom is 0.435 e. The van der Waals surface area contributed by atoms with E-state index in [9.17, 15) is 27.9 Å². The number of halogens is 4. The summed E-state index contributed by atoms with van der Waals surface area (Å²) in [4.78, 5) is 24.3. The van der Waals surface area contributed by atoms with Crippen LogP contribution >= 0.6 is 11.6 Å². The van der Waals surface area contributed by atoms with Gasteiger partial charge in [-0.2, -0.15) is 23.3 Å². The SMILES string of the molecule is COc1cc(/C=C2\C(=O)N(c3ccc(Cl)c(C(=O)O)c3)N=C2C(F)(F)F)ccc1OCC(C)C. The number of hydrazone groups is 1. The molecule has 0 bridgehead atoms. The molecular weight excluding hydrogens is 477 g/mol. The van der Waals surface area contributed by atoms with Gasteiger partial charge in [-0.25, -0.2) is 4.79 Å². The molecule has 0 saturated heterocycles. The topological polar surface area (TPSA) is 88.4 Å². The van der Waals surface area contributed by atoms with Crippen molar-refractivity contribution in [1.82, 2.24) is 0 Å². The summed E-state index contributed by atoms with van der Waals surface area (Å²) < 4.78 is 52.1. The van der Waals surface area contributed by atoms with Crippen molar-refractivity contribution in [3.63, 3.8) is 0 Å². The molecule has 1 amide bonds. The van der Waals surface area contributed by atoms with E-state index in [0.29, 0.717) is 17.4 Å². The van der Waals surface area contributed by atoms with E-state index < -0.39 is 29.3 Å². The standard InChI is InChI=1S/C23H20ClF3N2O5/c1-12(2)11-34-18-7-4-13(9-19(18)33-3)8-16-20(23(25,26)27)28-29(21(16)30)14-5-6-17(24)15(10-14)22(31)32/h4-10,12H,11H2,1-3H3,(H,31,32)/b16-8-. The minimum Gasteiger partial charge on any atom is -0.493 e. The Balaban J connectivity index is 2.03. The minimum atomic E-state index is -4.94. The van der Waals surface area contributed by atoms with Crippen LogP contribution in [0.1, 0.15) is 29.8 Å². The Bertz CT molecular complexity index is 1190. The maximum atomic E-state index is 13.7. The van der Waals surface area contributed by atoms with E-state index in [-0.39, 0.29) is 33.5 Å². The van der Waals surface area contributed by atoms with Gasteiger partial charge >= 0.3 is 12.1 Å². The molecule has 0 fully saturated rings. The molecule has 0 aromatic heterocycles. The number of carboxylic acid groups (broad SMARTS) is 1. The first-order valence-electron chi connectivity index (χ1n) is 9.98. The Kier molecular flexibility index (Phi) is 7.21. The molecule has 11 heteroatoms. The Morgan fingerprint density at radius 2 is 1.91 bits per heavy atom. The van der Waals surface area contributed by atoms with Crippen molar-refractivity contribution in [2.24, 2.45) is 11.0 Å². The second-order valence-corrected chi connectivity index (χ2v) is 8.11. The van der Waals surface area contributed by atoms with Gasteiger partial charge in [0, 0.05) is 0 Å². The van der Waals surface area contributed by atoms with Gasteiger partial charge in [0.15, 0.2) is 17.2 Å². The lowest BCUT2D eigenvalue weighted by Gasteiger charge is -2.14. The van der Waals surface area contributed by atoms with Crippen LogP contribution in [0.4, 0.5) is 18.9 Å². The van der Waals surface area contributed by atoms with Gasteiger partial charge in [0.2, 0.25) is 0 Å². The molecule has 0 spiro atoms. The van der Waals surface area contributed by atoms with Gasteiger partial charge in [-0.1, -0.05) is 31.5 Å². The van der Waals surface area contributed by atoms with Crippen LogP contribution in [0.5, 0.6) is 11.5 Å². The summed E-state index contributed by atoms with van der Waals surface area (Å²) in [5, 5.41) is 13.0. The molecule has 1 heterocycles. The molecular formula is C23H20ClF3N2O5. The number of anilines is 1. The lowest BCUT2D eigenvalue weighted by Crippen LogP contribution is -2.25. The summed E-state index contributed by atoms with van der Waals surface area (Å²) in [6.07, 6.45) is -3.90. The number of aromatic carboxylic acids is 1. The van der Waals surface area contributed by atoms with Crippen LogP contribution in [0.25, 0.3) is 6.08 Å². The van der Waals surface area contributed by atoms with Crippen molar-refractivity contribution in [1.29, 1.82) is 0 Å². The van der Waals surface area contributed by atoms with E-state index in [1.165, 1.54) is 37.4 Å². The van der Waals surface area contributed by atoms with Gasteiger partial charge in [-0.3, -0.25) is 4.79 Å². The van der Waals surface area contributed by atoms with Gasteiger partial charge in [-0.15, -0.1) is 0 Å². The number of rotatable bonds is 7. The van der Waals surface area contributed by atoms with E-state index in [1.54, 1.807) is 0 Å². The van der Waals surface area contributed by atoms with Crippen LogP contribution in [0.2, 0.25) is 5.02 Å². The van der Waals surface area contributed by atoms with Crippen molar-refractivity contribution >= 4 is 41.0 Å². The van der Waals surface area contributed by atoms with E-state index in [4.69, 9.17) is 21.1 Å². The van der Waals surface area contributed by atoms with Crippen LogP contribution in [0.15, 0.2) is 47.1 Å². The molecule has 0 aliphatic carbocycles. The third-order valence-corrected chi connectivity index (χ3v) is 4.97. The molecule has 1 aliphatic rings. The first kappa shape index (κ1) is 25.1. The third kappa shape index (κ3) is 5.33. The zero-order valence-electron chi connectivity index (χ0n) is 18.3. The van der Waals surface area contributed by atoms with Crippen LogP contribution in [-0.4, -0.2) is 42.6 Å². The molecule has 180 valence electrons. The van der Waals surface area contributed by atoms with Crippen LogP contribution in [0.3, 0.4) is 0 Å². The highest BCUT2D eigenvalue weighted by molar-refractivity contribution is 6.35. The highest BCUT2D eigenvalue weighted by Crippen LogP contribution is 2.35. The second kappa shape index (κ2) is 9.76. The van der Waals surface area contributed by atoms with Crippen molar-refractivity contribution in [3.8, 4) is 11.5 Å². The Morgan fingerprint density at radius 3 is 2.50 bits per heavy atom. The zero-order valence-corrected chi connectivity index (χ0v) is 19.1. The van der Waals surface area contributed by atoms with Gasteiger partial charge in [0.1, 0.15) is 0 Å². The molecule has 34 heavy (non-hydrogen) atoms. The predicted molar refractivity (Wildman–Crippen MR) is 121 cm³/mol. The molecule has 0 saturated carbocycles. The van der Waals surface area contributed by atoms with Gasteiger partial charge < -0.3 is 14.6 Å². The highest BCUT2D eigenvalue weighted by atomic mass is 35.5. The number of carbonyl (C=O) groups is 2. The number of methoxy groups -OCH3 is 1. The van der Waals surface area contributed by atoms with E-state index in [1.807, 2.05) is 13.8 Å². The van der Waals surface area contributed by atoms with Gasteiger partial charge in [0.25, 0.3) is 5.91 Å². The number of hydrogen-bond acceptors (Lipinski definition) is 5. The number of benzene rings is 2. The average molecular weight is 497 g/mol. The first-order valence-corrected chi connectivity index (χ1v) is 10.4. The van der Waals surface area contributed by atoms with E-state index in [2.05, 4.69) is 5.10 Å². The fraction of sp³-hybridized carbons (Fsp3) is 0.261. The molecule has 3 rings (SSSR count). The number of carboxylic acids is 1. The van der Waals surface area contributed by atoms with Gasteiger partial charge in [-0.05, 0) is 47.9 Å². The monoisotopic (exact) mass is 496 g/mol. The largest absolute Gasteiger partial charge is 0.493 e. The zero-order chi connectivity index (χ0) is 25.2. The number of alkyl halides is 3. The van der Waals surface area contributed by atoms with E-state index in [0.717, 1.165) is 12.1 Å². The number of nitrogens with zero attached hydrogens (tertiary/aromatic N) is 2. The van der Waals surface area contributed by atoms with E-state index >= 15 is 0 Å². The van der Waals surface area contributed by atoms with Crippen molar-refractivity contribution in [2.45, 2.75) is 20.0 Å². The molecule has 0 radical (unpaired) electrons. The molecule has 2 aromatic rings. The van der Waals surface area contributed by atoms with Gasteiger partial charge in [0.05, 0.1) is 35.6 Å². The Morgan fingerprint density at radius 1 is 1.21 bits per heavy atom.